The minimum absolute atomic E-state index is 0.0160. The summed E-state index contributed by atoms with van der Waals surface area (Å²) in [4.78, 5) is 11.6. The molecule has 0 aliphatic heterocycles. The minimum atomic E-state index is -0.0160. The van der Waals surface area contributed by atoms with Crippen LogP contribution in [-0.4, -0.2) is 27.8 Å². The Hall–Kier alpha value is -2.80. The third kappa shape index (κ3) is 4.89. The Morgan fingerprint density at radius 3 is 2.52 bits per heavy atom. The Morgan fingerprint density at radius 2 is 1.85 bits per heavy atom. The fraction of sp³-hybridized carbons (Fsp3) is 0.250. The van der Waals surface area contributed by atoms with Crippen LogP contribution in [0.3, 0.4) is 0 Å². The van der Waals surface area contributed by atoms with Crippen molar-refractivity contribution in [1.29, 1.82) is 0 Å². The Balaban J connectivity index is 1.87. The molecule has 1 aromatic heterocycles. The van der Waals surface area contributed by atoms with E-state index in [1.165, 1.54) is 5.56 Å². The van der Waals surface area contributed by atoms with Crippen molar-refractivity contribution in [3.63, 3.8) is 0 Å². The average molecular weight is 382 g/mol. The average Bonchev–Trinajstić information content (AvgIpc) is 3.14. The van der Waals surface area contributed by atoms with Crippen molar-refractivity contribution in [3.05, 3.63) is 66.0 Å². The first-order valence-corrected chi connectivity index (χ1v) is 9.72. The molecule has 0 spiro atoms. The molecule has 1 amide bonds. The highest BCUT2D eigenvalue weighted by molar-refractivity contribution is 7.98. The molecule has 0 bridgehead atoms. The Morgan fingerprint density at radius 1 is 1.11 bits per heavy atom. The number of aromatic nitrogens is 3. The number of carbonyl (C=O) groups excluding carboxylic acids is 1. The largest absolute Gasteiger partial charge is 0.497 e. The monoisotopic (exact) mass is 382 g/mol. The summed E-state index contributed by atoms with van der Waals surface area (Å²) in [6.07, 6.45) is 0.437. The van der Waals surface area contributed by atoms with Crippen LogP contribution in [-0.2, 0) is 17.1 Å². The van der Waals surface area contributed by atoms with Crippen LogP contribution in [0.25, 0.3) is 5.69 Å². The molecule has 2 aromatic carbocycles. The highest BCUT2D eigenvalue weighted by atomic mass is 32.2. The number of hydrogen-bond acceptors (Lipinski definition) is 5. The first kappa shape index (κ1) is 19.0. The quantitative estimate of drug-likeness (QED) is 0.603. The molecule has 1 heterocycles. The zero-order valence-corrected chi connectivity index (χ0v) is 16.2. The van der Waals surface area contributed by atoms with E-state index in [0.29, 0.717) is 18.8 Å². The minimum Gasteiger partial charge on any atom is -0.497 e. The Labute approximate surface area is 163 Å². The standard InChI is InChI=1S/C20H22N4O2S/c1-3-19(25)21-13-18-22-23-20(27-14-15-7-5-4-6-8-15)24(18)16-9-11-17(26-2)12-10-16/h4-12H,3,13-14H2,1-2H3,(H,21,25). The second kappa shape index (κ2) is 9.23. The second-order valence-electron chi connectivity index (χ2n) is 5.84. The summed E-state index contributed by atoms with van der Waals surface area (Å²) in [7, 11) is 1.64. The molecule has 0 aliphatic carbocycles. The molecule has 0 aliphatic rings. The summed E-state index contributed by atoms with van der Waals surface area (Å²) in [6.45, 7) is 2.16. The number of thioether (sulfide) groups is 1. The van der Waals surface area contributed by atoms with Crippen molar-refractivity contribution in [2.24, 2.45) is 0 Å². The molecule has 1 N–H and O–H groups in total. The van der Waals surface area contributed by atoms with Crippen molar-refractivity contribution in [2.75, 3.05) is 7.11 Å². The molecule has 0 atom stereocenters. The van der Waals surface area contributed by atoms with E-state index in [2.05, 4.69) is 27.6 Å². The number of ether oxygens (including phenoxy) is 1. The summed E-state index contributed by atoms with van der Waals surface area (Å²) >= 11 is 1.61. The molecule has 0 fully saturated rings. The van der Waals surface area contributed by atoms with E-state index >= 15 is 0 Å². The molecule has 0 radical (unpaired) electrons. The smallest absolute Gasteiger partial charge is 0.220 e. The van der Waals surface area contributed by atoms with Gasteiger partial charge in [-0.2, -0.15) is 0 Å². The van der Waals surface area contributed by atoms with Gasteiger partial charge in [0.05, 0.1) is 13.7 Å². The van der Waals surface area contributed by atoms with E-state index in [1.807, 2.05) is 54.0 Å². The van der Waals surface area contributed by atoms with Crippen LogP contribution in [0, 0.1) is 0 Å². The van der Waals surface area contributed by atoms with Gasteiger partial charge in [-0.15, -0.1) is 10.2 Å². The first-order valence-electron chi connectivity index (χ1n) is 8.73. The van der Waals surface area contributed by atoms with E-state index in [1.54, 1.807) is 18.9 Å². The summed E-state index contributed by atoms with van der Waals surface area (Å²) < 4.78 is 7.22. The van der Waals surface area contributed by atoms with Gasteiger partial charge in [-0.1, -0.05) is 49.0 Å². The summed E-state index contributed by atoms with van der Waals surface area (Å²) in [6, 6.07) is 17.9. The Kier molecular flexibility index (Phi) is 6.49. The summed E-state index contributed by atoms with van der Waals surface area (Å²) in [5, 5.41) is 12.3. The van der Waals surface area contributed by atoms with E-state index in [-0.39, 0.29) is 5.91 Å². The van der Waals surface area contributed by atoms with Crippen molar-refractivity contribution in [2.45, 2.75) is 30.8 Å². The number of nitrogens with one attached hydrogen (secondary N) is 1. The van der Waals surface area contributed by atoms with Crippen LogP contribution >= 0.6 is 11.8 Å². The van der Waals surface area contributed by atoms with Crippen molar-refractivity contribution in [1.82, 2.24) is 20.1 Å². The highest BCUT2D eigenvalue weighted by Crippen LogP contribution is 2.26. The van der Waals surface area contributed by atoms with Gasteiger partial charge in [-0.05, 0) is 29.8 Å². The summed E-state index contributed by atoms with van der Waals surface area (Å²) in [5.74, 6) is 2.25. The number of nitrogens with zero attached hydrogens (tertiary/aromatic N) is 3. The number of rotatable bonds is 8. The molecular weight excluding hydrogens is 360 g/mol. The number of benzene rings is 2. The lowest BCUT2D eigenvalue weighted by Gasteiger charge is -2.11. The Bertz CT molecular complexity index is 879. The normalized spacial score (nSPS) is 10.6. The van der Waals surface area contributed by atoms with Crippen LogP contribution in [0.1, 0.15) is 24.7 Å². The number of hydrogen-bond donors (Lipinski definition) is 1. The maximum atomic E-state index is 11.6. The van der Waals surface area contributed by atoms with Gasteiger partial charge < -0.3 is 10.1 Å². The molecule has 3 rings (SSSR count). The zero-order chi connectivity index (χ0) is 19.1. The van der Waals surface area contributed by atoms with Gasteiger partial charge in [-0.25, -0.2) is 0 Å². The van der Waals surface area contributed by atoms with Crippen LogP contribution in [0.2, 0.25) is 0 Å². The molecule has 27 heavy (non-hydrogen) atoms. The SMILES string of the molecule is CCC(=O)NCc1nnc(SCc2ccccc2)n1-c1ccc(OC)cc1. The lowest BCUT2D eigenvalue weighted by atomic mass is 10.2. The van der Waals surface area contributed by atoms with Gasteiger partial charge in [-0.3, -0.25) is 9.36 Å². The van der Waals surface area contributed by atoms with Gasteiger partial charge in [0.25, 0.3) is 0 Å². The van der Waals surface area contributed by atoms with Gasteiger partial charge >= 0.3 is 0 Å². The second-order valence-corrected chi connectivity index (χ2v) is 6.78. The fourth-order valence-electron chi connectivity index (χ4n) is 2.52. The van der Waals surface area contributed by atoms with Crippen LogP contribution in [0.15, 0.2) is 59.8 Å². The number of amides is 1. The van der Waals surface area contributed by atoms with Crippen molar-refractivity contribution in [3.8, 4) is 11.4 Å². The molecule has 0 unspecified atom stereocenters. The first-order chi connectivity index (χ1) is 13.2. The molecule has 0 saturated heterocycles. The molecule has 3 aromatic rings. The van der Waals surface area contributed by atoms with Gasteiger partial charge in [0.2, 0.25) is 5.91 Å². The van der Waals surface area contributed by atoms with Crippen LogP contribution < -0.4 is 10.1 Å². The zero-order valence-electron chi connectivity index (χ0n) is 15.4. The third-order valence-corrected chi connectivity index (χ3v) is 5.01. The predicted octanol–water partition coefficient (Wildman–Crippen LogP) is 3.59. The van der Waals surface area contributed by atoms with E-state index in [4.69, 9.17) is 4.74 Å². The summed E-state index contributed by atoms with van der Waals surface area (Å²) in [5.41, 5.74) is 2.14. The topological polar surface area (TPSA) is 69.0 Å². The van der Waals surface area contributed by atoms with Gasteiger partial charge in [0.1, 0.15) is 5.75 Å². The highest BCUT2D eigenvalue weighted by Gasteiger charge is 2.15. The maximum Gasteiger partial charge on any atom is 0.220 e. The number of carbonyl (C=O) groups is 1. The van der Waals surface area contributed by atoms with Crippen LogP contribution in [0.5, 0.6) is 5.75 Å². The van der Waals surface area contributed by atoms with Gasteiger partial charge in [0.15, 0.2) is 11.0 Å². The van der Waals surface area contributed by atoms with Crippen LogP contribution in [0.4, 0.5) is 0 Å². The lowest BCUT2D eigenvalue weighted by Crippen LogP contribution is -2.23. The molecule has 6 nitrogen and oxygen atoms in total. The lowest BCUT2D eigenvalue weighted by molar-refractivity contribution is -0.120. The van der Waals surface area contributed by atoms with E-state index < -0.39 is 0 Å². The molecule has 7 heteroatoms. The molecular formula is C20H22N4O2S. The van der Waals surface area contributed by atoms with Gasteiger partial charge in [0, 0.05) is 17.9 Å². The van der Waals surface area contributed by atoms with Crippen molar-refractivity contribution >= 4 is 17.7 Å². The maximum absolute atomic E-state index is 11.6. The molecule has 0 saturated carbocycles. The number of methoxy groups -OCH3 is 1. The van der Waals surface area contributed by atoms with E-state index in [9.17, 15) is 4.79 Å². The molecule has 140 valence electrons. The third-order valence-electron chi connectivity index (χ3n) is 4.01. The fourth-order valence-corrected chi connectivity index (χ4v) is 3.45. The van der Waals surface area contributed by atoms with Crippen molar-refractivity contribution < 1.29 is 9.53 Å². The van der Waals surface area contributed by atoms with E-state index in [0.717, 1.165) is 22.3 Å². The predicted molar refractivity (Wildman–Crippen MR) is 106 cm³/mol.